The Morgan fingerprint density at radius 2 is 1.95 bits per heavy atom. The Balaban J connectivity index is 2.06. The lowest BCUT2D eigenvalue weighted by Gasteiger charge is -2.21. The van der Waals surface area contributed by atoms with Crippen LogP contribution in [0.4, 0.5) is 0 Å². The van der Waals surface area contributed by atoms with Crippen LogP contribution in [0.25, 0.3) is 0 Å². The van der Waals surface area contributed by atoms with Crippen LogP contribution in [0, 0.1) is 6.92 Å². The van der Waals surface area contributed by atoms with Gasteiger partial charge in [-0.15, -0.1) is 11.3 Å². The fourth-order valence-corrected chi connectivity index (χ4v) is 3.26. The maximum Gasteiger partial charge on any atom is 0.107 e. The second kappa shape index (κ2) is 6.66. The van der Waals surface area contributed by atoms with Crippen molar-refractivity contribution in [2.75, 3.05) is 0 Å². The first-order valence-corrected chi connectivity index (χ1v) is 7.91. The van der Waals surface area contributed by atoms with E-state index >= 15 is 0 Å². The molecule has 0 saturated heterocycles. The summed E-state index contributed by atoms with van der Waals surface area (Å²) < 4.78 is 7.10. The average molecular weight is 340 g/mol. The highest BCUT2D eigenvalue weighted by Crippen LogP contribution is 2.29. The van der Waals surface area contributed by atoms with Crippen LogP contribution in [0.2, 0.25) is 0 Å². The molecular weight excluding hydrogens is 322 g/mol. The molecule has 2 N–H and O–H groups in total. The third kappa shape index (κ3) is 3.89. The third-order valence-corrected chi connectivity index (χ3v) is 4.59. The second-order valence-corrected chi connectivity index (χ2v) is 6.55. The lowest BCUT2D eigenvalue weighted by molar-refractivity contribution is 0.0279. The summed E-state index contributed by atoms with van der Waals surface area (Å²) in [4.78, 5) is 1.23. The highest BCUT2D eigenvalue weighted by molar-refractivity contribution is 9.10. The van der Waals surface area contributed by atoms with Crippen LogP contribution in [-0.4, -0.2) is 6.04 Å². The maximum absolute atomic E-state index is 6.06. The summed E-state index contributed by atoms with van der Waals surface area (Å²) in [6.45, 7) is 4.67. The van der Waals surface area contributed by atoms with Gasteiger partial charge in [-0.2, -0.15) is 0 Å². The van der Waals surface area contributed by atoms with E-state index in [9.17, 15) is 0 Å². The van der Waals surface area contributed by atoms with Crippen molar-refractivity contribution in [1.29, 1.82) is 0 Å². The first-order valence-electron chi connectivity index (χ1n) is 6.23. The Morgan fingerprint density at radius 1 is 1.26 bits per heavy atom. The summed E-state index contributed by atoms with van der Waals surface area (Å²) in [7, 11) is 0. The number of halogens is 1. The first-order chi connectivity index (χ1) is 9.08. The Bertz CT molecular complexity index is 521. The second-order valence-electron chi connectivity index (χ2n) is 4.69. The number of ether oxygens (including phenoxy) is 1. The van der Waals surface area contributed by atoms with Crippen LogP contribution in [0.5, 0.6) is 0 Å². The molecular formula is C15H18BrNOS. The van der Waals surface area contributed by atoms with Gasteiger partial charge in [0, 0.05) is 15.4 Å². The van der Waals surface area contributed by atoms with E-state index in [1.54, 1.807) is 11.3 Å². The van der Waals surface area contributed by atoms with Crippen LogP contribution >= 0.6 is 27.3 Å². The number of aryl methyl sites for hydroxylation is 1. The summed E-state index contributed by atoms with van der Waals surface area (Å²) in [5.41, 5.74) is 8.47. The molecule has 2 atom stereocenters. The molecule has 2 aromatic rings. The number of hydrogen-bond donors (Lipinski definition) is 1. The summed E-state index contributed by atoms with van der Waals surface area (Å²) in [5, 5.41) is 2.09. The molecule has 0 saturated carbocycles. The Morgan fingerprint density at radius 3 is 2.47 bits per heavy atom. The van der Waals surface area contributed by atoms with E-state index in [1.165, 1.54) is 10.4 Å². The van der Waals surface area contributed by atoms with Gasteiger partial charge in [0.05, 0.1) is 6.61 Å². The largest absolute Gasteiger partial charge is 0.366 e. The molecule has 1 heterocycles. The van der Waals surface area contributed by atoms with Crippen molar-refractivity contribution in [1.82, 2.24) is 0 Å². The van der Waals surface area contributed by atoms with Gasteiger partial charge in [-0.1, -0.05) is 28.1 Å². The number of benzene rings is 1. The third-order valence-electron chi connectivity index (χ3n) is 2.98. The zero-order valence-corrected chi connectivity index (χ0v) is 13.5. The normalized spacial score (nSPS) is 14.3. The van der Waals surface area contributed by atoms with Crippen LogP contribution in [0.15, 0.2) is 40.2 Å². The standard InChI is InChI=1S/C15H18BrNOS/c1-10-7-8-19-15(10)14(11(2)17)18-9-12-3-5-13(16)6-4-12/h3-8,11,14H,9,17H2,1-2H3. The maximum atomic E-state index is 6.06. The number of hydrogen-bond acceptors (Lipinski definition) is 3. The van der Waals surface area contributed by atoms with Gasteiger partial charge in [-0.3, -0.25) is 0 Å². The number of thiophene rings is 1. The summed E-state index contributed by atoms with van der Waals surface area (Å²) >= 11 is 5.14. The predicted molar refractivity (Wildman–Crippen MR) is 84.4 cm³/mol. The quantitative estimate of drug-likeness (QED) is 0.874. The molecule has 2 rings (SSSR count). The van der Waals surface area contributed by atoms with Crippen molar-refractivity contribution in [2.24, 2.45) is 5.73 Å². The van der Waals surface area contributed by atoms with Crippen molar-refractivity contribution in [3.05, 3.63) is 56.2 Å². The van der Waals surface area contributed by atoms with Crippen LogP contribution in [0.1, 0.15) is 29.0 Å². The van der Waals surface area contributed by atoms with Crippen LogP contribution in [0.3, 0.4) is 0 Å². The van der Waals surface area contributed by atoms with Gasteiger partial charge < -0.3 is 10.5 Å². The molecule has 2 unspecified atom stereocenters. The van der Waals surface area contributed by atoms with Gasteiger partial charge in [0.15, 0.2) is 0 Å². The highest BCUT2D eigenvalue weighted by atomic mass is 79.9. The molecule has 0 spiro atoms. The number of nitrogens with two attached hydrogens (primary N) is 1. The van der Waals surface area contributed by atoms with E-state index < -0.39 is 0 Å². The van der Waals surface area contributed by atoms with E-state index in [-0.39, 0.29) is 12.1 Å². The molecule has 1 aromatic heterocycles. The first kappa shape index (κ1) is 14.7. The SMILES string of the molecule is Cc1ccsc1C(OCc1ccc(Br)cc1)C(C)N. The molecule has 2 nitrogen and oxygen atoms in total. The molecule has 0 aliphatic carbocycles. The molecule has 0 radical (unpaired) electrons. The summed E-state index contributed by atoms with van der Waals surface area (Å²) in [5.74, 6) is 0. The van der Waals surface area contributed by atoms with Crippen LogP contribution in [-0.2, 0) is 11.3 Å². The molecule has 0 aliphatic heterocycles. The van der Waals surface area contributed by atoms with Crippen molar-refractivity contribution in [3.63, 3.8) is 0 Å². The topological polar surface area (TPSA) is 35.2 Å². The van der Waals surface area contributed by atoms with Crippen molar-refractivity contribution in [2.45, 2.75) is 32.6 Å². The van der Waals surface area contributed by atoms with E-state index in [0.29, 0.717) is 6.61 Å². The molecule has 0 amide bonds. The van der Waals surface area contributed by atoms with Crippen LogP contribution < -0.4 is 5.73 Å². The molecule has 1 aromatic carbocycles. The van der Waals surface area contributed by atoms with Crippen molar-refractivity contribution in [3.8, 4) is 0 Å². The lowest BCUT2D eigenvalue weighted by Crippen LogP contribution is -2.26. The minimum atomic E-state index is -0.0383. The van der Waals surface area contributed by atoms with E-state index in [1.807, 2.05) is 19.1 Å². The van der Waals surface area contributed by atoms with Gasteiger partial charge in [0.1, 0.15) is 6.10 Å². The lowest BCUT2D eigenvalue weighted by atomic mass is 10.1. The van der Waals surface area contributed by atoms with Gasteiger partial charge in [0.25, 0.3) is 0 Å². The Labute approximate surface area is 126 Å². The Hall–Kier alpha value is -0.680. The predicted octanol–water partition coefficient (Wildman–Crippen LogP) is 4.42. The van der Waals surface area contributed by atoms with Gasteiger partial charge >= 0.3 is 0 Å². The summed E-state index contributed by atoms with van der Waals surface area (Å²) in [6.07, 6.45) is -0.0383. The van der Waals surface area contributed by atoms with Gasteiger partial charge in [-0.05, 0) is 48.6 Å². The monoisotopic (exact) mass is 339 g/mol. The minimum Gasteiger partial charge on any atom is -0.366 e. The van der Waals surface area contributed by atoms with Gasteiger partial charge in [-0.25, -0.2) is 0 Å². The average Bonchev–Trinajstić information content (AvgIpc) is 2.78. The highest BCUT2D eigenvalue weighted by Gasteiger charge is 2.20. The molecule has 102 valence electrons. The minimum absolute atomic E-state index is 0.0206. The smallest absolute Gasteiger partial charge is 0.107 e. The van der Waals surface area contributed by atoms with E-state index in [2.05, 4.69) is 46.4 Å². The summed E-state index contributed by atoms with van der Waals surface area (Å²) in [6, 6.07) is 10.3. The Kier molecular flexibility index (Phi) is 5.16. The zero-order chi connectivity index (χ0) is 13.8. The molecule has 0 fully saturated rings. The van der Waals surface area contributed by atoms with Crippen molar-refractivity contribution < 1.29 is 4.74 Å². The molecule has 4 heteroatoms. The van der Waals surface area contributed by atoms with E-state index in [4.69, 9.17) is 10.5 Å². The van der Waals surface area contributed by atoms with Gasteiger partial charge in [0.2, 0.25) is 0 Å². The van der Waals surface area contributed by atoms with E-state index in [0.717, 1.165) is 10.0 Å². The molecule has 19 heavy (non-hydrogen) atoms. The fraction of sp³-hybridized carbons (Fsp3) is 0.333. The van der Waals surface area contributed by atoms with Crippen molar-refractivity contribution >= 4 is 27.3 Å². The zero-order valence-electron chi connectivity index (χ0n) is 11.1. The molecule has 0 bridgehead atoms. The number of rotatable bonds is 5. The fourth-order valence-electron chi connectivity index (χ4n) is 1.91. The molecule has 0 aliphatic rings.